The number of rotatable bonds is 2. The molecule has 2 N–H and O–H groups in total. The number of hydrogen-bond donors (Lipinski definition) is 2. The Kier molecular flexibility index (Phi) is 3.05. The molecule has 1 rings (SSSR count). The number of aliphatic hydroxyl groups is 2. The molecule has 0 saturated carbocycles. The molecule has 0 unspecified atom stereocenters. The van der Waals surface area contributed by atoms with Crippen LogP contribution in [0.15, 0.2) is 0 Å². The first-order chi connectivity index (χ1) is 5.70. The number of amides is 1. The summed E-state index contributed by atoms with van der Waals surface area (Å²) in [7, 11) is 0. The van der Waals surface area contributed by atoms with Crippen molar-refractivity contribution in [1.29, 1.82) is 0 Å². The van der Waals surface area contributed by atoms with Crippen molar-refractivity contribution in [2.75, 3.05) is 13.2 Å². The molecule has 1 fully saturated rings. The fraction of sp³-hybridized carbons (Fsp3) is 0.875. The molecular formula is C8H15NO3. The molecule has 4 heteroatoms. The predicted octanol–water partition coefficient (Wildman–Crippen LogP) is -0.650. The number of hydrogen-bond acceptors (Lipinski definition) is 3. The van der Waals surface area contributed by atoms with Crippen LogP contribution in [0.2, 0.25) is 0 Å². The highest BCUT2D eigenvalue weighted by molar-refractivity contribution is 5.76. The summed E-state index contributed by atoms with van der Waals surface area (Å²) in [6.07, 6.45) is 0.464. The summed E-state index contributed by atoms with van der Waals surface area (Å²) >= 11 is 0. The molecule has 0 radical (unpaired) electrons. The number of likely N-dealkylation sites (tertiary alicyclic amines) is 1. The van der Waals surface area contributed by atoms with Crippen LogP contribution in [0.3, 0.4) is 0 Å². The van der Waals surface area contributed by atoms with E-state index >= 15 is 0 Å². The number of carbonyl (C=O) groups excluding carboxylic acids is 1. The summed E-state index contributed by atoms with van der Waals surface area (Å²) in [5.41, 5.74) is 0. The molecule has 4 nitrogen and oxygen atoms in total. The molecule has 0 spiro atoms. The number of nitrogens with zero attached hydrogens (tertiary/aromatic N) is 1. The van der Waals surface area contributed by atoms with E-state index in [9.17, 15) is 9.90 Å². The first kappa shape index (κ1) is 9.48. The highest BCUT2D eigenvalue weighted by Gasteiger charge is 2.34. The second-order valence-electron chi connectivity index (χ2n) is 3.05. The smallest absolute Gasteiger partial charge is 0.222 e. The Labute approximate surface area is 71.8 Å². The van der Waals surface area contributed by atoms with Crippen LogP contribution >= 0.6 is 0 Å². The van der Waals surface area contributed by atoms with Gasteiger partial charge in [-0.25, -0.2) is 0 Å². The molecular weight excluding hydrogens is 158 g/mol. The minimum Gasteiger partial charge on any atom is -0.394 e. The van der Waals surface area contributed by atoms with Crippen molar-refractivity contribution in [2.24, 2.45) is 0 Å². The Bertz CT molecular complexity index is 172. The van der Waals surface area contributed by atoms with Gasteiger partial charge < -0.3 is 15.1 Å². The Morgan fingerprint density at radius 3 is 2.83 bits per heavy atom. The number of aliphatic hydroxyl groups excluding tert-OH is 2. The van der Waals surface area contributed by atoms with E-state index in [0.717, 1.165) is 0 Å². The standard InChI is InChI=1S/C8H15NO3/c1-2-8(12)9-4-3-7(11)6(9)5-10/h6-7,10-11H,2-5H2,1H3/t6-,7-/m0/s1. The van der Waals surface area contributed by atoms with Gasteiger partial charge >= 0.3 is 0 Å². The van der Waals surface area contributed by atoms with E-state index < -0.39 is 6.10 Å². The van der Waals surface area contributed by atoms with Crippen molar-refractivity contribution in [2.45, 2.75) is 31.9 Å². The zero-order valence-corrected chi connectivity index (χ0v) is 7.23. The molecule has 0 aliphatic carbocycles. The first-order valence-corrected chi connectivity index (χ1v) is 4.29. The predicted molar refractivity (Wildman–Crippen MR) is 43.5 cm³/mol. The van der Waals surface area contributed by atoms with E-state index in [2.05, 4.69) is 0 Å². The van der Waals surface area contributed by atoms with E-state index in [-0.39, 0.29) is 18.6 Å². The van der Waals surface area contributed by atoms with Crippen LogP contribution in [0.4, 0.5) is 0 Å². The van der Waals surface area contributed by atoms with Crippen LogP contribution in [-0.4, -0.2) is 46.3 Å². The molecule has 0 aromatic carbocycles. The van der Waals surface area contributed by atoms with E-state index in [1.54, 1.807) is 11.8 Å². The van der Waals surface area contributed by atoms with Gasteiger partial charge in [0.2, 0.25) is 5.91 Å². The lowest BCUT2D eigenvalue weighted by Crippen LogP contribution is -2.41. The zero-order chi connectivity index (χ0) is 9.14. The third kappa shape index (κ3) is 1.59. The van der Waals surface area contributed by atoms with Crippen molar-refractivity contribution >= 4 is 5.91 Å². The Morgan fingerprint density at radius 2 is 2.33 bits per heavy atom. The van der Waals surface area contributed by atoms with Crippen molar-refractivity contribution in [3.8, 4) is 0 Å². The molecule has 0 aromatic heterocycles. The lowest BCUT2D eigenvalue weighted by Gasteiger charge is -2.23. The maximum absolute atomic E-state index is 11.2. The monoisotopic (exact) mass is 173 g/mol. The first-order valence-electron chi connectivity index (χ1n) is 4.29. The van der Waals surface area contributed by atoms with Crippen LogP contribution in [0.1, 0.15) is 19.8 Å². The third-order valence-electron chi connectivity index (χ3n) is 2.32. The van der Waals surface area contributed by atoms with Crippen LogP contribution in [-0.2, 0) is 4.79 Å². The minimum absolute atomic E-state index is 0.00519. The highest BCUT2D eigenvalue weighted by atomic mass is 16.3. The largest absolute Gasteiger partial charge is 0.394 e. The molecule has 1 amide bonds. The van der Waals surface area contributed by atoms with Gasteiger partial charge in [0.05, 0.1) is 18.8 Å². The zero-order valence-electron chi connectivity index (χ0n) is 7.23. The fourth-order valence-corrected chi connectivity index (χ4v) is 1.57. The van der Waals surface area contributed by atoms with Gasteiger partial charge in [0.1, 0.15) is 0 Å². The molecule has 1 saturated heterocycles. The average molecular weight is 173 g/mol. The quantitative estimate of drug-likeness (QED) is 0.583. The number of carbonyl (C=O) groups is 1. The van der Waals surface area contributed by atoms with Gasteiger partial charge in [-0.15, -0.1) is 0 Å². The van der Waals surface area contributed by atoms with Gasteiger partial charge in [0, 0.05) is 13.0 Å². The second-order valence-corrected chi connectivity index (χ2v) is 3.05. The molecule has 12 heavy (non-hydrogen) atoms. The van der Waals surface area contributed by atoms with Gasteiger partial charge in [0.15, 0.2) is 0 Å². The second kappa shape index (κ2) is 3.87. The minimum atomic E-state index is -0.550. The van der Waals surface area contributed by atoms with Crippen molar-refractivity contribution in [1.82, 2.24) is 4.90 Å². The SMILES string of the molecule is CCC(=O)N1CC[C@H](O)[C@@H]1CO. The summed E-state index contributed by atoms with van der Waals surface area (Å²) in [5.74, 6) is 0.00519. The molecule has 1 aliphatic rings. The highest BCUT2D eigenvalue weighted by Crippen LogP contribution is 2.18. The summed E-state index contributed by atoms with van der Waals surface area (Å²) in [5, 5.41) is 18.2. The summed E-state index contributed by atoms with van der Waals surface area (Å²) in [4.78, 5) is 12.8. The van der Waals surface area contributed by atoms with Crippen LogP contribution in [0.5, 0.6) is 0 Å². The molecule has 2 atom stereocenters. The lowest BCUT2D eigenvalue weighted by atomic mass is 10.2. The van der Waals surface area contributed by atoms with E-state index in [4.69, 9.17) is 5.11 Å². The van der Waals surface area contributed by atoms with Crippen LogP contribution in [0.25, 0.3) is 0 Å². The van der Waals surface area contributed by atoms with Crippen LogP contribution < -0.4 is 0 Å². The van der Waals surface area contributed by atoms with Crippen LogP contribution in [0, 0.1) is 0 Å². The van der Waals surface area contributed by atoms with E-state index in [0.29, 0.717) is 19.4 Å². The summed E-state index contributed by atoms with van der Waals surface area (Å²) in [6.45, 7) is 2.20. The fourth-order valence-electron chi connectivity index (χ4n) is 1.57. The average Bonchev–Trinajstić information content (AvgIpc) is 2.45. The molecule has 1 aliphatic heterocycles. The Hall–Kier alpha value is -0.610. The summed E-state index contributed by atoms with van der Waals surface area (Å²) < 4.78 is 0. The summed E-state index contributed by atoms with van der Waals surface area (Å²) in [6, 6.07) is -0.377. The lowest BCUT2D eigenvalue weighted by molar-refractivity contribution is -0.133. The van der Waals surface area contributed by atoms with Crippen molar-refractivity contribution in [3.05, 3.63) is 0 Å². The van der Waals surface area contributed by atoms with E-state index in [1.807, 2.05) is 0 Å². The van der Waals surface area contributed by atoms with Gasteiger partial charge in [0.25, 0.3) is 0 Å². The normalized spacial score (nSPS) is 29.4. The van der Waals surface area contributed by atoms with Crippen molar-refractivity contribution in [3.63, 3.8) is 0 Å². The van der Waals surface area contributed by atoms with Gasteiger partial charge in [-0.05, 0) is 6.42 Å². The van der Waals surface area contributed by atoms with Crippen molar-refractivity contribution < 1.29 is 15.0 Å². The maximum Gasteiger partial charge on any atom is 0.222 e. The van der Waals surface area contributed by atoms with Gasteiger partial charge in [-0.3, -0.25) is 4.79 Å². The van der Waals surface area contributed by atoms with Gasteiger partial charge in [-0.1, -0.05) is 6.92 Å². The Balaban J connectivity index is 2.60. The topological polar surface area (TPSA) is 60.8 Å². The van der Waals surface area contributed by atoms with E-state index in [1.165, 1.54) is 0 Å². The molecule has 1 heterocycles. The Morgan fingerprint density at radius 1 is 1.67 bits per heavy atom. The molecule has 70 valence electrons. The van der Waals surface area contributed by atoms with Gasteiger partial charge in [-0.2, -0.15) is 0 Å². The maximum atomic E-state index is 11.2. The molecule has 0 bridgehead atoms. The third-order valence-corrected chi connectivity index (χ3v) is 2.32. The molecule has 0 aromatic rings.